The second-order valence-electron chi connectivity index (χ2n) is 6.27. The number of hydrogen-bond donors (Lipinski definition) is 0. The van der Waals surface area contributed by atoms with Gasteiger partial charge in [0, 0.05) is 12.4 Å². The molecule has 0 amide bonds. The second kappa shape index (κ2) is 7.12. The lowest BCUT2D eigenvalue weighted by Gasteiger charge is -2.21. The molecule has 0 saturated carbocycles. The Labute approximate surface area is 143 Å². The van der Waals surface area contributed by atoms with Crippen molar-refractivity contribution in [2.45, 2.75) is 25.7 Å². The molecule has 0 aliphatic rings. The van der Waals surface area contributed by atoms with Crippen LogP contribution in [0.1, 0.15) is 18.9 Å². The lowest BCUT2D eigenvalue weighted by atomic mass is 10.1. The SMILES string of the molecule is [2H]c1cnc2cnc(C(OCO[Si](C)(C)C)c3ccccc3)nc2n1. The van der Waals surface area contributed by atoms with Gasteiger partial charge in [-0.05, 0) is 25.2 Å². The van der Waals surface area contributed by atoms with Crippen LogP contribution >= 0.6 is 0 Å². The third-order valence-electron chi connectivity index (χ3n) is 3.26. The van der Waals surface area contributed by atoms with Gasteiger partial charge in [0.2, 0.25) is 0 Å². The fourth-order valence-corrected chi connectivity index (χ4v) is 2.52. The van der Waals surface area contributed by atoms with E-state index in [1.54, 1.807) is 6.20 Å². The molecule has 0 spiro atoms. The van der Waals surface area contributed by atoms with Crippen molar-refractivity contribution >= 4 is 19.5 Å². The van der Waals surface area contributed by atoms with Gasteiger partial charge in [0.05, 0.1) is 7.57 Å². The van der Waals surface area contributed by atoms with Crippen LogP contribution in [0.2, 0.25) is 19.6 Å². The van der Waals surface area contributed by atoms with Crippen LogP contribution in [0.15, 0.2) is 48.9 Å². The van der Waals surface area contributed by atoms with E-state index in [0.717, 1.165) is 5.56 Å². The van der Waals surface area contributed by atoms with Crippen molar-refractivity contribution in [2.24, 2.45) is 0 Å². The number of benzene rings is 1. The fraction of sp³-hybridized carbons (Fsp3) is 0.294. The molecule has 2 heterocycles. The fourth-order valence-electron chi connectivity index (χ4n) is 2.09. The van der Waals surface area contributed by atoms with Crippen molar-refractivity contribution in [1.29, 1.82) is 0 Å². The van der Waals surface area contributed by atoms with Gasteiger partial charge in [-0.15, -0.1) is 0 Å². The normalized spacial score (nSPS) is 13.7. The molecule has 0 aliphatic carbocycles. The van der Waals surface area contributed by atoms with Gasteiger partial charge in [0.15, 0.2) is 19.8 Å². The minimum atomic E-state index is -1.69. The number of fused-ring (bicyclic) bond motifs is 1. The first kappa shape index (κ1) is 15.3. The largest absolute Gasteiger partial charge is 0.395 e. The van der Waals surface area contributed by atoms with E-state index in [0.29, 0.717) is 17.0 Å². The maximum atomic E-state index is 7.62. The van der Waals surface area contributed by atoms with Crippen molar-refractivity contribution in [3.05, 3.63) is 60.3 Å². The molecule has 6 nitrogen and oxygen atoms in total. The average Bonchev–Trinajstić information content (AvgIpc) is 2.58. The molecular formula is C17H20N4O2Si. The highest BCUT2D eigenvalue weighted by molar-refractivity contribution is 6.69. The maximum Gasteiger partial charge on any atom is 0.186 e. The third-order valence-corrected chi connectivity index (χ3v) is 4.25. The van der Waals surface area contributed by atoms with E-state index in [4.69, 9.17) is 10.5 Å². The van der Waals surface area contributed by atoms with Crippen molar-refractivity contribution < 1.29 is 10.5 Å². The number of nitrogens with zero attached hydrogens (tertiary/aromatic N) is 4. The first-order valence-electron chi connectivity index (χ1n) is 8.19. The van der Waals surface area contributed by atoms with E-state index in [1.165, 1.54) is 6.20 Å². The Morgan fingerprint density at radius 3 is 2.67 bits per heavy atom. The zero-order chi connectivity index (χ0) is 17.9. The summed E-state index contributed by atoms with van der Waals surface area (Å²) in [5.41, 5.74) is 1.86. The van der Waals surface area contributed by atoms with Crippen molar-refractivity contribution in [3.8, 4) is 0 Å². The number of aromatic nitrogens is 4. The molecule has 2 aromatic heterocycles. The van der Waals surface area contributed by atoms with Crippen LogP contribution in [0.3, 0.4) is 0 Å². The molecule has 124 valence electrons. The smallest absolute Gasteiger partial charge is 0.186 e. The highest BCUT2D eigenvalue weighted by atomic mass is 28.4. The molecule has 3 aromatic rings. The molecule has 1 atom stereocenters. The van der Waals surface area contributed by atoms with Gasteiger partial charge in [-0.3, -0.25) is 0 Å². The predicted molar refractivity (Wildman–Crippen MR) is 93.8 cm³/mol. The van der Waals surface area contributed by atoms with Gasteiger partial charge in [0.25, 0.3) is 0 Å². The Morgan fingerprint density at radius 2 is 1.92 bits per heavy atom. The summed E-state index contributed by atoms with van der Waals surface area (Å²) >= 11 is 0. The topological polar surface area (TPSA) is 70.0 Å². The van der Waals surface area contributed by atoms with E-state index in [-0.39, 0.29) is 13.0 Å². The number of ether oxygens (including phenoxy) is 1. The first-order chi connectivity index (χ1) is 11.9. The number of rotatable bonds is 6. The molecule has 0 saturated heterocycles. The van der Waals surface area contributed by atoms with Gasteiger partial charge in [-0.25, -0.2) is 19.9 Å². The Kier molecular flexibility index (Phi) is 4.54. The summed E-state index contributed by atoms with van der Waals surface area (Å²) in [6.45, 7) is 6.48. The number of hydrogen-bond acceptors (Lipinski definition) is 6. The van der Waals surface area contributed by atoms with E-state index in [2.05, 4.69) is 39.6 Å². The van der Waals surface area contributed by atoms with Crippen LogP contribution in [0.5, 0.6) is 0 Å². The summed E-state index contributed by atoms with van der Waals surface area (Å²) in [6, 6.07) is 9.73. The summed E-state index contributed by atoms with van der Waals surface area (Å²) in [4.78, 5) is 17.1. The van der Waals surface area contributed by atoms with Crippen molar-refractivity contribution in [3.63, 3.8) is 0 Å². The standard InChI is InChI=1S/C17H20N4O2Si/c1-24(2,3)23-12-22-15(13-7-5-4-6-8-13)17-20-11-14-16(21-17)19-10-9-18-14/h4-11,15H,12H2,1-3H3/i10D. The van der Waals surface area contributed by atoms with E-state index < -0.39 is 14.4 Å². The van der Waals surface area contributed by atoms with Crippen LogP contribution in [0.25, 0.3) is 11.2 Å². The summed E-state index contributed by atoms with van der Waals surface area (Å²) in [5, 5.41) is 0. The van der Waals surface area contributed by atoms with Crippen molar-refractivity contribution in [1.82, 2.24) is 19.9 Å². The molecule has 0 N–H and O–H groups in total. The monoisotopic (exact) mass is 341 g/mol. The van der Waals surface area contributed by atoms with Crippen molar-refractivity contribution in [2.75, 3.05) is 6.79 Å². The highest BCUT2D eigenvalue weighted by Gasteiger charge is 2.21. The van der Waals surface area contributed by atoms with Crippen LogP contribution < -0.4 is 0 Å². The van der Waals surface area contributed by atoms with Crippen LogP contribution in [0, 0.1) is 0 Å². The summed E-state index contributed by atoms with van der Waals surface area (Å²) in [6.07, 6.45) is 2.57. The summed E-state index contributed by atoms with van der Waals surface area (Å²) in [7, 11) is -1.69. The second-order valence-corrected chi connectivity index (χ2v) is 10.8. The average molecular weight is 341 g/mol. The molecule has 24 heavy (non-hydrogen) atoms. The molecule has 1 unspecified atom stereocenters. The zero-order valence-electron chi connectivity index (χ0n) is 14.9. The summed E-state index contributed by atoms with van der Waals surface area (Å²) < 4.78 is 19.4. The molecule has 1 aromatic carbocycles. The minimum Gasteiger partial charge on any atom is -0.395 e. The van der Waals surface area contributed by atoms with Crippen LogP contribution in [-0.2, 0) is 9.16 Å². The Hall–Kier alpha value is -2.22. The lowest BCUT2D eigenvalue weighted by Crippen LogP contribution is -2.27. The third kappa shape index (κ3) is 4.19. The lowest BCUT2D eigenvalue weighted by molar-refractivity contribution is -0.0276. The molecule has 3 rings (SSSR count). The molecule has 0 radical (unpaired) electrons. The zero-order valence-corrected chi connectivity index (χ0v) is 14.9. The van der Waals surface area contributed by atoms with Gasteiger partial charge >= 0.3 is 0 Å². The Bertz CT molecular complexity index is 858. The Balaban J connectivity index is 1.93. The quantitative estimate of drug-likeness (QED) is 0.506. The minimum absolute atomic E-state index is 0.0661. The molecule has 7 heteroatoms. The van der Waals surface area contributed by atoms with Crippen LogP contribution in [0.4, 0.5) is 0 Å². The molecule has 0 bridgehead atoms. The van der Waals surface area contributed by atoms with E-state index >= 15 is 0 Å². The first-order valence-corrected chi connectivity index (χ1v) is 11.1. The predicted octanol–water partition coefficient (Wildman–Crippen LogP) is 3.33. The molecular weight excluding hydrogens is 320 g/mol. The molecule has 0 fully saturated rings. The van der Waals surface area contributed by atoms with Gasteiger partial charge in [-0.1, -0.05) is 30.3 Å². The van der Waals surface area contributed by atoms with E-state index in [9.17, 15) is 0 Å². The highest BCUT2D eigenvalue weighted by Crippen LogP contribution is 2.24. The maximum absolute atomic E-state index is 7.62. The van der Waals surface area contributed by atoms with Gasteiger partial charge < -0.3 is 9.16 Å². The molecule has 0 aliphatic heterocycles. The van der Waals surface area contributed by atoms with Gasteiger partial charge in [0.1, 0.15) is 18.4 Å². The summed E-state index contributed by atoms with van der Waals surface area (Å²) in [5.74, 6) is 0.470. The van der Waals surface area contributed by atoms with E-state index in [1.807, 2.05) is 30.3 Å². The van der Waals surface area contributed by atoms with Gasteiger partial charge in [-0.2, -0.15) is 0 Å². The Morgan fingerprint density at radius 1 is 1.12 bits per heavy atom. The van der Waals surface area contributed by atoms with Crippen LogP contribution in [-0.4, -0.2) is 35.0 Å².